The van der Waals surface area contributed by atoms with Crippen LogP contribution in [0.25, 0.3) is 16.9 Å². The van der Waals surface area contributed by atoms with Crippen LogP contribution in [0.4, 0.5) is 4.39 Å². The first-order valence-electron chi connectivity index (χ1n) is 8.78. The maximum atomic E-state index is 14.5. The molecule has 1 saturated heterocycles. The predicted molar refractivity (Wildman–Crippen MR) is 92.4 cm³/mol. The molecule has 1 aliphatic heterocycles. The van der Waals surface area contributed by atoms with Gasteiger partial charge in [0.25, 0.3) is 5.95 Å². The average Bonchev–Trinajstić information content (AvgIpc) is 3.20. The van der Waals surface area contributed by atoms with Crippen LogP contribution < -0.4 is 5.32 Å². The summed E-state index contributed by atoms with van der Waals surface area (Å²) in [6.07, 6.45) is 0.953. The molecule has 0 bridgehead atoms. The van der Waals surface area contributed by atoms with Gasteiger partial charge in [0.05, 0.1) is 5.69 Å². The van der Waals surface area contributed by atoms with Crippen LogP contribution in [0.5, 0.6) is 0 Å². The Balaban J connectivity index is 1.80. The smallest absolute Gasteiger partial charge is 0.291 e. The average molecular weight is 343 g/mol. The zero-order chi connectivity index (χ0) is 17.6. The third-order valence-corrected chi connectivity index (χ3v) is 4.95. The van der Waals surface area contributed by atoms with E-state index in [4.69, 9.17) is 4.52 Å². The Hall–Kier alpha value is -2.28. The lowest BCUT2D eigenvalue weighted by molar-refractivity contribution is 0.269. The van der Waals surface area contributed by atoms with Gasteiger partial charge in [0.1, 0.15) is 11.3 Å². The van der Waals surface area contributed by atoms with E-state index in [2.05, 4.69) is 27.5 Å². The lowest BCUT2D eigenvalue weighted by atomic mass is 9.88. The highest BCUT2D eigenvalue weighted by molar-refractivity contribution is 5.84. The SMILES string of the molecule is CC(C)c1nn(-c2noc(C3CCNCC3C)n2)c2c(F)cccc12. The van der Waals surface area contributed by atoms with Crippen molar-refractivity contribution < 1.29 is 8.91 Å². The molecular weight excluding hydrogens is 321 g/mol. The van der Waals surface area contributed by atoms with Gasteiger partial charge in [0.15, 0.2) is 0 Å². The van der Waals surface area contributed by atoms with Crippen LogP contribution in [0.15, 0.2) is 22.7 Å². The number of rotatable bonds is 3. The molecule has 6 nitrogen and oxygen atoms in total. The molecule has 3 heterocycles. The number of fused-ring (bicyclic) bond motifs is 1. The Labute approximate surface area is 145 Å². The van der Waals surface area contributed by atoms with Gasteiger partial charge in [-0.25, -0.2) is 4.39 Å². The number of halogens is 1. The molecule has 2 aromatic heterocycles. The number of hydrogen-bond donors (Lipinski definition) is 1. The van der Waals surface area contributed by atoms with Crippen LogP contribution in [-0.4, -0.2) is 33.0 Å². The van der Waals surface area contributed by atoms with Crippen LogP contribution in [0.2, 0.25) is 0 Å². The molecule has 0 amide bonds. The predicted octanol–water partition coefficient (Wildman–Crippen LogP) is 3.38. The third kappa shape index (κ3) is 2.72. The van der Waals surface area contributed by atoms with E-state index in [1.807, 2.05) is 19.9 Å². The van der Waals surface area contributed by atoms with E-state index in [1.165, 1.54) is 10.7 Å². The molecule has 7 heteroatoms. The maximum absolute atomic E-state index is 14.5. The Bertz CT molecular complexity index is 900. The molecule has 2 unspecified atom stereocenters. The number of para-hydroxylation sites is 1. The van der Waals surface area contributed by atoms with E-state index in [-0.39, 0.29) is 17.7 Å². The molecule has 1 aromatic carbocycles. The van der Waals surface area contributed by atoms with E-state index in [9.17, 15) is 4.39 Å². The van der Waals surface area contributed by atoms with Gasteiger partial charge in [0, 0.05) is 11.3 Å². The van der Waals surface area contributed by atoms with Gasteiger partial charge in [-0.05, 0) is 42.6 Å². The third-order valence-electron chi connectivity index (χ3n) is 4.95. The van der Waals surface area contributed by atoms with E-state index < -0.39 is 0 Å². The topological polar surface area (TPSA) is 68.8 Å². The number of nitrogens with one attached hydrogen (secondary N) is 1. The quantitative estimate of drug-likeness (QED) is 0.789. The van der Waals surface area contributed by atoms with Crippen molar-refractivity contribution in [1.29, 1.82) is 0 Å². The number of piperidine rings is 1. The minimum atomic E-state index is -0.335. The summed E-state index contributed by atoms with van der Waals surface area (Å²) in [7, 11) is 0. The highest BCUT2D eigenvalue weighted by Crippen LogP contribution is 2.31. The Morgan fingerprint density at radius 2 is 2.20 bits per heavy atom. The van der Waals surface area contributed by atoms with E-state index in [0.717, 1.165) is 30.6 Å². The Kier molecular flexibility index (Phi) is 4.03. The number of benzene rings is 1. The Morgan fingerprint density at radius 1 is 1.36 bits per heavy atom. The van der Waals surface area contributed by atoms with Crippen LogP contribution in [0.3, 0.4) is 0 Å². The zero-order valence-electron chi connectivity index (χ0n) is 14.7. The standard InChI is InChI=1S/C18H22FN5O/c1-10(2)15-13-5-4-6-14(19)16(13)24(22-15)18-21-17(25-23-18)12-7-8-20-9-11(12)3/h4-6,10-12,20H,7-9H2,1-3H3. The molecule has 132 valence electrons. The van der Waals surface area contributed by atoms with Gasteiger partial charge in [-0.2, -0.15) is 14.8 Å². The van der Waals surface area contributed by atoms with Crippen molar-refractivity contribution in [2.45, 2.75) is 39.0 Å². The monoisotopic (exact) mass is 343 g/mol. The van der Waals surface area contributed by atoms with Crippen molar-refractivity contribution in [3.8, 4) is 5.95 Å². The number of aromatic nitrogens is 4. The molecule has 1 N–H and O–H groups in total. The summed E-state index contributed by atoms with van der Waals surface area (Å²) in [4.78, 5) is 4.55. The van der Waals surface area contributed by atoms with Crippen molar-refractivity contribution in [2.75, 3.05) is 13.1 Å². The maximum Gasteiger partial charge on any atom is 0.291 e. The fourth-order valence-electron chi connectivity index (χ4n) is 3.56. The largest absolute Gasteiger partial charge is 0.337 e. The summed E-state index contributed by atoms with van der Waals surface area (Å²) >= 11 is 0. The molecular formula is C18H22FN5O. The molecule has 2 atom stereocenters. The molecule has 0 saturated carbocycles. The second-order valence-corrected chi connectivity index (χ2v) is 7.10. The molecule has 1 fully saturated rings. The lowest BCUT2D eigenvalue weighted by Gasteiger charge is -2.26. The number of hydrogen-bond acceptors (Lipinski definition) is 5. The first kappa shape index (κ1) is 16.2. The van der Waals surface area contributed by atoms with Crippen LogP contribution in [0, 0.1) is 11.7 Å². The van der Waals surface area contributed by atoms with Gasteiger partial charge < -0.3 is 9.84 Å². The molecule has 0 aliphatic carbocycles. The Morgan fingerprint density at radius 3 is 2.96 bits per heavy atom. The van der Waals surface area contributed by atoms with Crippen LogP contribution in [-0.2, 0) is 0 Å². The highest BCUT2D eigenvalue weighted by Gasteiger charge is 2.29. The highest BCUT2D eigenvalue weighted by atomic mass is 19.1. The summed E-state index contributed by atoms with van der Waals surface area (Å²) in [6, 6.07) is 5.02. The second-order valence-electron chi connectivity index (χ2n) is 7.10. The summed E-state index contributed by atoms with van der Waals surface area (Å²) < 4.78 is 21.5. The van der Waals surface area contributed by atoms with Gasteiger partial charge in [-0.1, -0.05) is 32.9 Å². The van der Waals surface area contributed by atoms with Crippen molar-refractivity contribution in [3.63, 3.8) is 0 Å². The van der Waals surface area contributed by atoms with Crippen LogP contribution >= 0.6 is 0 Å². The van der Waals surface area contributed by atoms with E-state index in [0.29, 0.717) is 23.3 Å². The fourth-order valence-corrected chi connectivity index (χ4v) is 3.56. The van der Waals surface area contributed by atoms with Gasteiger partial charge in [-0.15, -0.1) is 0 Å². The zero-order valence-corrected chi connectivity index (χ0v) is 14.7. The van der Waals surface area contributed by atoms with E-state index in [1.54, 1.807) is 6.07 Å². The summed E-state index contributed by atoms with van der Waals surface area (Å²) in [5.41, 5.74) is 1.23. The minimum absolute atomic E-state index is 0.168. The van der Waals surface area contributed by atoms with Gasteiger partial charge >= 0.3 is 0 Å². The normalized spacial score (nSPS) is 21.3. The molecule has 1 aliphatic rings. The van der Waals surface area contributed by atoms with Crippen molar-refractivity contribution in [1.82, 2.24) is 25.2 Å². The first-order valence-corrected chi connectivity index (χ1v) is 8.78. The molecule has 25 heavy (non-hydrogen) atoms. The minimum Gasteiger partial charge on any atom is -0.337 e. The molecule has 0 radical (unpaired) electrons. The van der Waals surface area contributed by atoms with Crippen molar-refractivity contribution in [2.24, 2.45) is 5.92 Å². The summed E-state index contributed by atoms with van der Waals surface area (Å²) in [5, 5.41) is 12.8. The first-order chi connectivity index (χ1) is 12.1. The van der Waals surface area contributed by atoms with Gasteiger partial charge in [0.2, 0.25) is 5.89 Å². The fraction of sp³-hybridized carbons (Fsp3) is 0.500. The lowest BCUT2D eigenvalue weighted by Crippen LogP contribution is -2.33. The molecule has 3 aromatic rings. The second kappa shape index (κ2) is 6.22. The van der Waals surface area contributed by atoms with Crippen molar-refractivity contribution >= 4 is 10.9 Å². The summed E-state index contributed by atoms with van der Waals surface area (Å²) in [6.45, 7) is 8.11. The molecule has 0 spiro atoms. The molecule has 4 rings (SSSR count). The van der Waals surface area contributed by atoms with E-state index >= 15 is 0 Å². The summed E-state index contributed by atoms with van der Waals surface area (Å²) in [5.74, 6) is 1.37. The van der Waals surface area contributed by atoms with Crippen molar-refractivity contribution in [3.05, 3.63) is 35.6 Å². The van der Waals surface area contributed by atoms with Gasteiger partial charge in [-0.3, -0.25) is 0 Å². The number of nitrogens with zero attached hydrogens (tertiary/aromatic N) is 4. The van der Waals surface area contributed by atoms with Crippen LogP contribution in [0.1, 0.15) is 50.6 Å².